The number of aromatic nitrogens is 1. The minimum atomic E-state index is 0.144. The van der Waals surface area contributed by atoms with Crippen LogP contribution in [0.3, 0.4) is 0 Å². The van der Waals surface area contributed by atoms with Crippen molar-refractivity contribution in [3.05, 3.63) is 29.1 Å². The molecule has 0 saturated carbocycles. The SMILES string of the molecule is CCC(C)Oc1ccc(C=NNc2nc(N)cs2)cc1OC. The quantitative estimate of drug-likeness (QED) is 0.604. The first-order valence-corrected chi connectivity index (χ1v) is 7.85. The van der Waals surface area contributed by atoms with E-state index in [-0.39, 0.29) is 6.10 Å². The van der Waals surface area contributed by atoms with E-state index in [9.17, 15) is 0 Å². The molecule has 7 heteroatoms. The molecule has 0 spiro atoms. The number of ether oxygens (including phenoxy) is 2. The molecule has 118 valence electrons. The van der Waals surface area contributed by atoms with Gasteiger partial charge in [-0.3, -0.25) is 5.43 Å². The molecule has 0 bridgehead atoms. The van der Waals surface area contributed by atoms with Crippen LogP contribution in [-0.2, 0) is 0 Å². The molecule has 0 saturated heterocycles. The number of rotatable bonds is 7. The van der Waals surface area contributed by atoms with Gasteiger partial charge in [-0.2, -0.15) is 5.10 Å². The smallest absolute Gasteiger partial charge is 0.205 e. The van der Waals surface area contributed by atoms with Crippen molar-refractivity contribution in [2.75, 3.05) is 18.3 Å². The number of nitrogen functional groups attached to an aromatic ring is 1. The van der Waals surface area contributed by atoms with E-state index in [2.05, 4.69) is 22.4 Å². The molecule has 1 aromatic heterocycles. The lowest BCUT2D eigenvalue weighted by Crippen LogP contribution is -2.10. The highest BCUT2D eigenvalue weighted by Gasteiger charge is 2.08. The van der Waals surface area contributed by atoms with Crippen LogP contribution in [-0.4, -0.2) is 24.4 Å². The summed E-state index contributed by atoms with van der Waals surface area (Å²) in [6, 6.07) is 5.68. The van der Waals surface area contributed by atoms with Crippen LogP contribution in [0, 0.1) is 0 Å². The fraction of sp³-hybridized carbons (Fsp3) is 0.333. The van der Waals surface area contributed by atoms with Crippen LogP contribution in [0.15, 0.2) is 28.7 Å². The normalized spacial score (nSPS) is 12.3. The summed E-state index contributed by atoms with van der Waals surface area (Å²) in [4.78, 5) is 4.06. The summed E-state index contributed by atoms with van der Waals surface area (Å²) in [5.41, 5.74) is 9.27. The Morgan fingerprint density at radius 3 is 2.91 bits per heavy atom. The summed E-state index contributed by atoms with van der Waals surface area (Å²) in [6.07, 6.45) is 2.77. The Morgan fingerprint density at radius 1 is 1.45 bits per heavy atom. The van der Waals surface area contributed by atoms with Crippen LogP contribution >= 0.6 is 11.3 Å². The molecule has 0 aliphatic carbocycles. The van der Waals surface area contributed by atoms with E-state index in [1.165, 1.54) is 11.3 Å². The third-order valence-electron chi connectivity index (χ3n) is 2.99. The Kier molecular flexibility index (Phi) is 5.60. The maximum atomic E-state index is 5.81. The van der Waals surface area contributed by atoms with Gasteiger partial charge in [0.2, 0.25) is 5.13 Å². The summed E-state index contributed by atoms with van der Waals surface area (Å²) in [7, 11) is 1.62. The third kappa shape index (κ3) is 4.36. The van der Waals surface area contributed by atoms with E-state index in [0.29, 0.717) is 16.7 Å². The van der Waals surface area contributed by atoms with E-state index in [1.54, 1.807) is 18.7 Å². The van der Waals surface area contributed by atoms with Gasteiger partial charge in [0, 0.05) is 5.38 Å². The largest absolute Gasteiger partial charge is 0.493 e. The average Bonchev–Trinajstić information content (AvgIpc) is 2.93. The van der Waals surface area contributed by atoms with Gasteiger partial charge in [-0.1, -0.05) is 6.92 Å². The van der Waals surface area contributed by atoms with Crippen molar-refractivity contribution in [3.63, 3.8) is 0 Å². The third-order valence-corrected chi connectivity index (χ3v) is 3.75. The predicted octanol–water partition coefficient (Wildman–Crippen LogP) is 3.36. The zero-order valence-electron chi connectivity index (χ0n) is 12.9. The van der Waals surface area contributed by atoms with Crippen LogP contribution in [0.5, 0.6) is 11.5 Å². The second-order valence-electron chi connectivity index (χ2n) is 4.69. The maximum absolute atomic E-state index is 5.81. The zero-order chi connectivity index (χ0) is 15.9. The van der Waals surface area contributed by atoms with Crippen molar-refractivity contribution in [2.24, 2.45) is 5.10 Å². The van der Waals surface area contributed by atoms with Crippen LogP contribution in [0.2, 0.25) is 0 Å². The van der Waals surface area contributed by atoms with Gasteiger partial charge in [-0.15, -0.1) is 11.3 Å². The molecule has 1 atom stereocenters. The molecule has 1 unspecified atom stereocenters. The molecule has 2 rings (SSSR count). The van der Waals surface area contributed by atoms with Crippen LogP contribution in [0.1, 0.15) is 25.8 Å². The van der Waals surface area contributed by atoms with Crippen molar-refractivity contribution in [3.8, 4) is 11.5 Å². The Hall–Kier alpha value is -2.28. The van der Waals surface area contributed by atoms with E-state index < -0.39 is 0 Å². The van der Waals surface area contributed by atoms with Crippen molar-refractivity contribution < 1.29 is 9.47 Å². The van der Waals surface area contributed by atoms with Crippen molar-refractivity contribution >= 4 is 28.5 Å². The lowest BCUT2D eigenvalue weighted by molar-refractivity contribution is 0.207. The Bertz CT molecular complexity index is 642. The second-order valence-corrected chi connectivity index (χ2v) is 5.55. The number of nitrogens with zero attached hydrogens (tertiary/aromatic N) is 2. The first-order valence-electron chi connectivity index (χ1n) is 6.97. The first-order chi connectivity index (χ1) is 10.6. The fourth-order valence-electron chi connectivity index (χ4n) is 1.66. The Morgan fingerprint density at radius 2 is 2.27 bits per heavy atom. The average molecular weight is 320 g/mol. The summed E-state index contributed by atoms with van der Waals surface area (Å²) >= 11 is 1.40. The van der Waals surface area contributed by atoms with Crippen LogP contribution in [0.4, 0.5) is 10.9 Å². The lowest BCUT2D eigenvalue weighted by atomic mass is 10.2. The Labute approximate surface area is 134 Å². The van der Waals surface area contributed by atoms with Gasteiger partial charge in [0.05, 0.1) is 19.4 Å². The van der Waals surface area contributed by atoms with Crippen molar-refractivity contribution in [1.29, 1.82) is 0 Å². The van der Waals surface area contributed by atoms with E-state index in [1.807, 2.05) is 25.1 Å². The fourth-order valence-corrected chi connectivity index (χ4v) is 2.21. The summed E-state index contributed by atoms with van der Waals surface area (Å²) in [5.74, 6) is 1.90. The molecule has 1 aromatic carbocycles. The van der Waals surface area contributed by atoms with Gasteiger partial charge in [0.1, 0.15) is 5.82 Å². The summed E-state index contributed by atoms with van der Waals surface area (Å²) in [5, 5.41) is 6.53. The number of thiazole rings is 1. The van der Waals surface area contributed by atoms with E-state index >= 15 is 0 Å². The molecule has 1 heterocycles. The lowest BCUT2D eigenvalue weighted by Gasteiger charge is -2.15. The van der Waals surface area contributed by atoms with Crippen LogP contribution < -0.4 is 20.6 Å². The number of benzene rings is 1. The van der Waals surface area contributed by atoms with Crippen molar-refractivity contribution in [1.82, 2.24) is 4.98 Å². The van der Waals surface area contributed by atoms with E-state index in [0.717, 1.165) is 17.7 Å². The number of methoxy groups -OCH3 is 1. The second kappa shape index (κ2) is 7.65. The summed E-state index contributed by atoms with van der Waals surface area (Å²) in [6.45, 7) is 4.10. The minimum Gasteiger partial charge on any atom is -0.493 e. The van der Waals surface area contributed by atoms with Gasteiger partial charge >= 0.3 is 0 Å². The van der Waals surface area contributed by atoms with Gasteiger partial charge < -0.3 is 15.2 Å². The van der Waals surface area contributed by atoms with Gasteiger partial charge in [-0.25, -0.2) is 4.98 Å². The number of anilines is 2. The standard InChI is InChI=1S/C15H20N4O2S/c1-4-10(2)21-12-6-5-11(7-13(12)20-3)8-17-19-15-18-14(16)9-22-15/h5-10H,4,16H2,1-3H3,(H,18,19). The van der Waals surface area contributed by atoms with Gasteiger partial charge in [0.15, 0.2) is 11.5 Å². The highest BCUT2D eigenvalue weighted by molar-refractivity contribution is 7.14. The van der Waals surface area contributed by atoms with Crippen molar-refractivity contribution in [2.45, 2.75) is 26.4 Å². The molecule has 0 radical (unpaired) electrons. The molecular formula is C15H20N4O2S. The van der Waals surface area contributed by atoms with E-state index in [4.69, 9.17) is 15.2 Å². The Balaban J connectivity index is 2.05. The van der Waals surface area contributed by atoms with Crippen LogP contribution in [0.25, 0.3) is 0 Å². The summed E-state index contributed by atoms with van der Waals surface area (Å²) < 4.78 is 11.2. The molecule has 0 aliphatic rings. The monoisotopic (exact) mass is 320 g/mol. The number of nitrogens with two attached hydrogens (primary N) is 1. The molecular weight excluding hydrogens is 300 g/mol. The molecule has 6 nitrogen and oxygen atoms in total. The number of hydrazone groups is 1. The maximum Gasteiger partial charge on any atom is 0.205 e. The highest BCUT2D eigenvalue weighted by Crippen LogP contribution is 2.29. The first kappa shape index (κ1) is 16.1. The molecule has 22 heavy (non-hydrogen) atoms. The molecule has 0 fully saturated rings. The molecule has 3 N–H and O–H groups in total. The highest BCUT2D eigenvalue weighted by atomic mass is 32.1. The molecule has 2 aromatic rings. The van der Waals surface area contributed by atoms with Gasteiger partial charge in [0.25, 0.3) is 0 Å². The van der Waals surface area contributed by atoms with Gasteiger partial charge in [-0.05, 0) is 37.1 Å². The number of hydrogen-bond donors (Lipinski definition) is 2. The number of nitrogens with one attached hydrogen (secondary N) is 1. The zero-order valence-corrected chi connectivity index (χ0v) is 13.7. The minimum absolute atomic E-state index is 0.144. The predicted molar refractivity (Wildman–Crippen MR) is 91.1 cm³/mol. The topological polar surface area (TPSA) is 81.8 Å². The molecule has 0 amide bonds. The molecule has 0 aliphatic heterocycles. The number of hydrogen-bond acceptors (Lipinski definition) is 7.